The van der Waals surface area contributed by atoms with E-state index in [0.717, 1.165) is 5.52 Å². The number of hydrogen-bond donors (Lipinski definition) is 0. The van der Waals surface area contributed by atoms with Gasteiger partial charge in [-0.1, -0.05) is 18.2 Å². The topological polar surface area (TPSA) is 60.7 Å². The number of nitrogens with zero attached hydrogens (tertiary/aromatic N) is 2. The lowest BCUT2D eigenvalue weighted by Gasteiger charge is -1.99. The first-order valence-corrected chi connectivity index (χ1v) is 8.47. The van der Waals surface area contributed by atoms with E-state index in [1.807, 2.05) is 30.7 Å². The molecule has 1 heterocycles. The number of benzene rings is 1. The lowest BCUT2D eigenvalue weighted by atomic mass is 10.1. The monoisotopic (exact) mass is 322 g/mol. The molecule has 0 saturated heterocycles. The number of carbonyl (C=O) groups excluding carboxylic acids is 2. The van der Waals surface area contributed by atoms with E-state index >= 15 is 0 Å². The Morgan fingerprint density at radius 3 is 2.48 bits per heavy atom. The van der Waals surface area contributed by atoms with E-state index in [-0.39, 0.29) is 0 Å². The van der Waals surface area contributed by atoms with E-state index in [0.29, 0.717) is 15.3 Å². The summed E-state index contributed by atoms with van der Waals surface area (Å²) in [5, 5.41) is 0.669. The predicted molar refractivity (Wildman–Crippen MR) is 88.2 cm³/mol. The summed E-state index contributed by atoms with van der Waals surface area (Å²) < 4.78 is 2.02. The summed E-state index contributed by atoms with van der Waals surface area (Å²) in [7, 11) is 1.50. The highest BCUT2D eigenvalue weighted by molar-refractivity contribution is 8.38. The average Bonchev–Trinajstić information content (AvgIpc) is 2.90. The highest BCUT2D eigenvalue weighted by Crippen LogP contribution is 2.21. The number of hydrogen-bond acceptors (Lipinski definition) is 5. The molecule has 0 N–H and O–H groups in total. The molecule has 0 atom stereocenters. The van der Waals surface area contributed by atoms with Crippen LogP contribution in [0.2, 0.25) is 0 Å². The van der Waals surface area contributed by atoms with Gasteiger partial charge in [0.15, 0.2) is 0 Å². The number of fused-ring (bicyclic) bond motifs is 1. The van der Waals surface area contributed by atoms with Gasteiger partial charge in [-0.05, 0) is 18.6 Å². The van der Waals surface area contributed by atoms with Crippen LogP contribution in [0, 0.1) is 0 Å². The van der Waals surface area contributed by atoms with Gasteiger partial charge in [0, 0.05) is 5.39 Å². The van der Waals surface area contributed by atoms with E-state index in [2.05, 4.69) is 4.99 Å². The van der Waals surface area contributed by atoms with Crippen molar-refractivity contribution in [2.45, 2.75) is 0 Å². The van der Waals surface area contributed by atoms with Crippen LogP contribution in [0.3, 0.4) is 0 Å². The van der Waals surface area contributed by atoms with Gasteiger partial charge in [0.1, 0.15) is 11.5 Å². The van der Waals surface area contributed by atoms with Crippen LogP contribution in [0.5, 0.6) is 0 Å². The van der Waals surface area contributed by atoms with Crippen LogP contribution in [0.25, 0.3) is 10.9 Å². The van der Waals surface area contributed by atoms with Crippen molar-refractivity contribution in [3.05, 3.63) is 36.0 Å². The van der Waals surface area contributed by atoms with Gasteiger partial charge in [0.25, 0.3) is 5.78 Å². The maximum absolute atomic E-state index is 12.3. The zero-order valence-electron chi connectivity index (χ0n) is 11.8. The van der Waals surface area contributed by atoms with Crippen molar-refractivity contribution in [1.29, 1.82) is 0 Å². The zero-order chi connectivity index (χ0) is 15.4. The first-order chi connectivity index (χ1) is 10.1. The van der Waals surface area contributed by atoms with Crippen LogP contribution in [-0.4, -0.2) is 40.4 Å². The third-order valence-electron chi connectivity index (χ3n) is 2.86. The van der Waals surface area contributed by atoms with Crippen LogP contribution in [-0.2, 0) is 4.79 Å². The van der Waals surface area contributed by atoms with E-state index < -0.39 is 11.7 Å². The predicted octanol–water partition coefficient (Wildman–Crippen LogP) is 2.49. The van der Waals surface area contributed by atoms with Crippen molar-refractivity contribution in [2.75, 3.05) is 19.6 Å². The summed E-state index contributed by atoms with van der Waals surface area (Å²) in [4.78, 5) is 33.3. The highest BCUT2D eigenvalue weighted by atomic mass is 32.2. The molecular formula is C14H14N2O3S2. The molecule has 5 nitrogen and oxygen atoms in total. The quantitative estimate of drug-likeness (QED) is 0.376. The van der Waals surface area contributed by atoms with Crippen LogP contribution in [0.4, 0.5) is 0 Å². The molecule has 2 aromatic rings. The van der Waals surface area contributed by atoms with Gasteiger partial charge in [0.2, 0.25) is 0 Å². The maximum Gasteiger partial charge on any atom is 0.319 e. The summed E-state index contributed by atoms with van der Waals surface area (Å²) in [5.41, 5.74) is 1.03. The molecule has 0 fully saturated rings. The molecule has 0 radical (unpaired) electrons. The van der Waals surface area contributed by atoms with Crippen molar-refractivity contribution >= 4 is 50.5 Å². The fourth-order valence-corrected chi connectivity index (χ4v) is 2.92. The van der Waals surface area contributed by atoms with Gasteiger partial charge < -0.3 is 4.84 Å². The number of ketones is 1. The second-order valence-electron chi connectivity index (χ2n) is 3.99. The molecule has 0 bridgehead atoms. The molecule has 0 unspecified atom stereocenters. The standard InChI is InChI=1S/C14H14N2O3S2/c1-19-16-8-10(9-6-4-5-7-11(9)16)12(17)13(18)15-14(20-2)21-3/h4-8H,1-3H3. The van der Waals surface area contributed by atoms with E-state index in [4.69, 9.17) is 4.84 Å². The molecule has 0 saturated carbocycles. The van der Waals surface area contributed by atoms with Gasteiger partial charge in [-0.15, -0.1) is 23.5 Å². The van der Waals surface area contributed by atoms with Crippen molar-refractivity contribution in [2.24, 2.45) is 4.99 Å². The molecule has 0 aliphatic carbocycles. The Hall–Kier alpha value is -1.73. The summed E-state index contributed by atoms with van der Waals surface area (Å²) in [6.07, 6.45) is 5.13. The zero-order valence-corrected chi connectivity index (χ0v) is 13.5. The number of amides is 1. The SMILES string of the molecule is COn1cc(C(=O)C(=O)N=C(SC)SC)c2ccccc21. The average molecular weight is 322 g/mol. The number of rotatable bonds is 3. The first kappa shape index (κ1) is 15.7. The smallest absolute Gasteiger partial charge is 0.319 e. The Morgan fingerprint density at radius 2 is 1.86 bits per heavy atom. The number of Topliss-reactive ketones (excluding diaryl/α,β-unsaturated/α-hetero) is 1. The molecule has 2 rings (SSSR count). The first-order valence-electron chi connectivity index (χ1n) is 6.02. The molecule has 0 aliphatic heterocycles. The maximum atomic E-state index is 12.3. The van der Waals surface area contributed by atoms with Crippen molar-refractivity contribution < 1.29 is 14.4 Å². The molecule has 1 aromatic heterocycles. The van der Waals surface area contributed by atoms with E-state index in [1.165, 1.54) is 41.6 Å². The van der Waals surface area contributed by atoms with Crippen LogP contribution >= 0.6 is 23.5 Å². The molecule has 0 aliphatic rings. The Labute approximate surface area is 130 Å². The minimum absolute atomic E-state index is 0.294. The van der Waals surface area contributed by atoms with Gasteiger partial charge in [-0.2, -0.15) is 9.72 Å². The summed E-state index contributed by atoms with van der Waals surface area (Å²) >= 11 is 2.67. The summed E-state index contributed by atoms with van der Waals surface area (Å²) in [6, 6.07) is 7.24. The van der Waals surface area contributed by atoms with Crippen LogP contribution < -0.4 is 4.84 Å². The van der Waals surface area contributed by atoms with E-state index in [9.17, 15) is 9.59 Å². The van der Waals surface area contributed by atoms with Crippen molar-refractivity contribution in [1.82, 2.24) is 4.73 Å². The summed E-state index contributed by atoms with van der Waals surface area (Å²) in [6.45, 7) is 0. The number of aromatic nitrogens is 1. The van der Waals surface area contributed by atoms with Crippen molar-refractivity contribution in [3.63, 3.8) is 0 Å². The van der Waals surface area contributed by atoms with Crippen LogP contribution in [0.15, 0.2) is 35.5 Å². The number of para-hydroxylation sites is 1. The molecule has 7 heteroatoms. The van der Waals surface area contributed by atoms with Gasteiger partial charge >= 0.3 is 5.91 Å². The normalized spacial score (nSPS) is 10.4. The lowest BCUT2D eigenvalue weighted by molar-refractivity contribution is -0.113. The van der Waals surface area contributed by atoms with Crippen molar-refractivity contribution in [3.8, 4) is 0 Å². The summed E-state index contributed by atoms with van der Waals surface area (Å²) in [5.74, 6) is -1.41. The fourth-order valence-electron chi connectivity index (χ4n) is 1.91. The number of thioether (sulfide) groups is 2. The minimum Gasteiger partial charge on any atom is -0.417 e. The minimum atomic E-state index is -0.771. The molecule has 21 heavy (non-hydrogen) atoms. The third kappa shape index (κ3) is 3.14. The second kappa shape index (κ2) is 6.82. The van der Waals surface area contributed by atoms with Gasteiger partial charge in [-0.25, -0.2) is 0 Å². The van der Waals surface area contributed by atoms with Gasteiger partial charge in [-0.3, -0.25) is 9.59 Å². The highest BCUT2D eigenvalue weighted by Gasteiger charge is 2.22. The van der Waals surface area contributed by atoms with Crippen LogP contribution in [0.1, 0.15) is 10.4 Å². The van der Waals surface area contributed by atoms with Gasteiger partial charge in [0.05, 0.1) is 17.3 Å². The number of carbonyl (C=O) groups is 2. The van der Waals surface area contributed by atoms with E-state index in [1.54, 1.807) is 6.07 Å². The fraction of sp³-hybridized carbons (Fsp3) is 0.214. The Morgan fingerprint density at radius 1 is 1.19 bits per heavy atom. The number of aliphatic imine (C=N–C) groups is 1. The Balaban J connectivity index is 2.45. The molecule has 0 spiro atoms. The molecular weight excluding hydrogens is 308 g/mol. The third-order valence-corrected chi connectivity index (χ3v) is 4.74. The lowest BCUT2D eigenvalue weighted by Crippen LogP contribution is -2.12. The largest absolute Gasteiger partial charge is 0.417 e. The Bertz CT molecular complexity index is 716. The Kier molecular flexibility index (Phi) is 5.08. The molecule has 110 valence electrons. The molecule has 1 aromatic carbocycles. The molecule has 1 amide bonds. The second-order valence-corrected chi connectivity index (χ2v) is 5.84.